The Morgan fingerprint density at radius 1 is 1.09 bits per heavy atom. The number of hydrogen-bond donors (Lipinski definition) is 1. The van der Waals surface area contributed by atoms with Crippen molar-refractivity contribution in [3.63, 3.8) is 0 Å². The summed E-state index contributed by atoms with van der Waals surface area (Å²) in [5.74, 6) is 0.367. The van der Waals surface area contributed by atoms with Gasteiger partial charge in [-0.15, -0.1) is 0 Å². The minimum atomic E-state index is -0.514. The van der Waals surface area contributed by atoms with Gasteiger partial charge >= 0.3 is 0 Å². The average molecular weight is 313 g/mol. The lowest BCUT2D eigenvalue weighted by molar-refractivity contribution is 0.375. The number of benzene rings is 1. The van der Waals surface area contributed by atoms with E-state index < -0.39 is 5.82 Å². The van der Waals surface area contributed by atoms with Gasteiger partial charge < -0.3 is 15.2 Å². The van der Waals surface area contributed by atoms with Gasteiger partial charge in [-0.3, -0.25) is 4.98 Å². The predicted molar refractivity (Wildman–Crippen MR) is 87.2 cm³/mol. The molecule has 2 N–H and O–H groups in total. The molecule has 0 radical (unpaired) electrons. The van der Waals surface area contributed by atoms with E-state index in [-0.39, 0.29) is 11.3 Å². The predicted octanol–water partition coefficient (Wildman–Crippen LogP) is 3.34. The molecule has 0 aliphatic heterocycles. The smallest absolute Gasteiger partial charge is 0.174 e. The van der Waals surface area contributed by atoms with E-state index in [1.807, 2.05) is 13.0 Å². The molecule has 118 valence electrons. The highest BCUT2D eigenvalue weighted by molar-refractivity contribution is 5.93. The van der Waals surface area contributed by atoms with Crippen LogP contribution >= 0.6 is 0 Å². The molecule has 5 nitrogen and oxygen atoms in total. The number of halogens is 1. The van der Waals surface area contributed by atoms with Gasteiger partial charge in [-0.05, 0) is 25.1 Å². The lowest BCUT2D eigenvalue weighted by Gasteiger charge is -2.12. The van der Waals surface area contributed by atoms with Gasteiger partial charge in [0.2, 0.25) is 0 Å². The Morgan fingerprint density at radius 2 is 1.87 bits per heavy atom. The Morgan fingerprint density at radius 3 is 2.57 bits per heavy atom. The van der Waals surface area contributed by atoms with E-state index in [0.29, 0.717) is 17.3 Å². The van der Waals surface area contributed by atoms with Crippen LogP contribution in [-0.4, -0.2) is 24.2 Å². The van der Waals surface area contributed by atoms with Crippen LogP contribution in [0.1, 0.15) is 5.69 Å². The minimum absolute atomic E-state index is 0.0850. The zero-order valence-electron chi connectivity index (χ0n) is 13.1. The van der Waals surface area contributed by atoms with Gasteiger partial charge in [-0.1, -0.05) is 0 Å². The maximum atomic E-state index is 14.6. The molecule has 6 heteroatoms. The molecule has 3 aromatic rings. The summed E-state index contributed by atoms with van der Waals surface area (Å²) in [6.07, 6.45) is 1.70. The van der Waals surface area contributed by atoms with Crippen LogP contribution < -0.4 is 15.2 Å². The van der Waals surface area contributed by atoms with Crippen molar-refractivity contribution in [2.24, 2.45) is 0 Å². The molecule has 0 aliphatic carbocycles. The topological polar surface area (TPSA) is 70.3 Å². The molecule has 0 bridgehead atoms. The summed E-state index contributed by atoms with van der Waals surface area (Å²) in [5.41, 5.74) is 7.53. The zero-order chi connectivity index (χ0) is 16.6. The zero-order valence-corrected chi connectivity index (χ0v) is 13.1. The lowest BCUT2D eigenvalue weighted by atomic mass is 10.1. The van der Waals surface area contributed by atoms with Crippen molar-refractivity contribution in [2.45, 2.75) is 6.92 Å². The summed E-state index contributed by atoms with van der Waals surface area (Å²) in [7, 11) is 2.90. The van der Waals surface area contributed by atoms with Crippen molar-refractivity contribution >= 4 is 16.6 Å². The number of pyridine rings is 2. The van der Waals surface area contributed by atoms with Crippen molar-refractivity contribution in [2.75, 3.05) is 20.0 Å². The number of aromatic nitrogens is 2. The summed E-state index contributed by atoms with van der Waals surface area (Å²) in [6, 6.07) is 6.64. The van der Waals surface area contributed by atoms with Crippen LogP contribution in [0.4, 0.5) is 10.2 Å². The molecule has 0 unspecified atom stereocenters. The molecule has 0 amide bonds. The fourth-order valence-electron chi connectivity index (χ4n) is 2.44. The molecule has 3 rings (SSSR count). The van der Waals surface area contributed by atoms with Gasteiger partial charge in [-0.25, -0.2) is 9.37 Å². The molecule has 23 heavy (non-hydrogen) atoms. The second kappa shape index (κ2) is 5.72. The molecular weight excluding hydrogens is 297 g/mol. The number of methoxy groups -OCH3 is 2. The van der Waals surface area contributed by atoms with Crippen LogP contribution in [0, 0.1) is 12.7 Å². The summed E-state index contributed by atoms with van der Waals surface area (Å²) in [6.45, 7) is 1.87. The maximum absolute atomic E-state index is 14.6. The van der Waals surface area contributed by atoms with Crippen molar-refractivity contribution in [3.05, 3.63) is 42.0 Å². The van der Waals surface area contributed by atoms with Crippen LogP contribution in [-0.2, 0) is 0 Å². The third kappa shape index (κ3) is 2.63. The van der Waals surface area contributed by atoms with Crippen LogP contribution in [0.3, 0.4) is 0 Å². The van der Waals surface area contributed by atoms with Crippen molar-refractivity contribution in [3.8, 4) is 22.8 Å². The summed E-state index contributed by atoms with van der Waals surface area (Å²) in [4.78, 5) is 8.57. The molecule has 0 spiro atoms. The van der Waals surface area contributed by atoms with Crippen LogP contribution in [0.15, 0.2) is 30.5 Å². The number of ether oxygens (including phenoxy) is 2. The molecule has 1 aromatic carbocycles. The van der Waals surface area contributed by atoms with Crippen molar-refractivity contribution in [1.82, 2.24) is 9.97 Å². The van der Waals surface area contributed by atoms with E-state index in [1.165, 1.54) is 20.3 Å². The van der Waals surface area contributed by atoms with E-state index in [1.54, 1.807) is 18.3 Å². The summed E-state index contributed by atoms with van der Waals surface area (Å²) >= 11 is 0. The maximum Gasteiger partial charge on any atom is 0.174 e. The standard InChI is InChI=1S/C17H16FN3O2/c1-9-4-12-10(8-20-9)5-14(21-17(12)19)13-6-11(22-2)7-15(23-3)16(13)18/h4-8H,1-3H3,(H2,19,21). The average Bonchev–Trinajstić information content (AvgIpc) is 2.55. The first kappa shape index (κ1) is 15.0. The Hall–Kier alpha value is -2.89. The second-order valence-electron chi connectivity index (χ2n) is 5.13. The number of nitrogens with zero attached hydrogens (tertiary/aromatic N) is 2. The summed E-state index contributed by atoms with van der Waals surface area (Å²) in [5, 5.41) is 1.58. The SMILES string of the molecule is COc1cc(OC)c(F)c(-c2cc3cnc(C)cc3c(N)n2)c1. The number of rotatable bonds is 3. The lowest BCUT2D eigenvalue weighted by Crippen LogP contribution is -1.99. The molecule has 0 saturated heterocycles. The molecule has 2 heterocycles. The number of nitrogens with two attached hydrogens (primary N) is 1. The van der Waals surface area contributed by atoms with Crippen LogP contribution in [0.2, 0.25) is 0 Å². The molecule has 0 saturated carbocycles. The number of aryl methyl sites for hydroxylation is 1. The Kier molecular flexibility index (Phi) is 3.73. The van der Waals surface area contributed by atoms with E-state index in [2.05, 4.69) is 9.97 Å². The van der Waals surface area contributed by atoms with E-state index in [9.17, 15) is 4.39 Å². The third-order valence-electron chi connectivity index (χ3n) is 3.62. The highest BCUT2D eigenvalue weighted by Crippen LogP contribution is 2.35. The third-order valence-corrected chi connectivity index (χ3v) is 3.62. The van der Waals surface area contributed by atoms with E-state index in [0.717, 1.165) is 16.5 Å². The summed E-state index contributed by atoms with van der Waals surface area (Å²) < 4.78 is 24.8. The highest BCUT2D eigenvalue weighted by atomic mass is 19.1. The monoisotopic (exact) mass is 313 g/mol. The molecular formula is C17H16FN3O2. The van der Waals surface area contributed by atoms with Gasteiger partial charge in [0.25, 0.3) is 0 Å². The Bertz CT molecular complexity index is 897. The highest BCUT2D eigenvalue weighted by Gasteiger charge is 2.16. The van der Waals surface area contributed by atoms with Gasteiger partial charge in [0.1, 0.15) is 11.6 Å². The number of fused-ring (bicyclic) bond motifs is 1. The minimum Gasteiger partial charge on any atom is -0.497 e. The normalized spacial score (nSPS) is 10.8. The molecule has 0 fully saturated rings. The first-order chi connectivity index (χ1) is 11.0. The van der Waals surface area contributed by atoms with Gasteiger partial charge in [0.05, 0.1) is 19.9 Å². The molecule has 0 atom stereocenters. The first-order valence-corrected chi connectivity index (χ1v) is 6.98. The Labute approximate surface area is 132 Å². The largest absolute Gasteiger partial charge is 0.497 e. The van der Waals surface area contributed by atoms with Gasteiger partial charge in [-0.2, -0.15) is 0 Å². The van der Waals surface area contributed by atoms with Gasteiger partial charge in [0.15, 0.2) is 11.6 Å². The number of hydrogen-bond acceptors (Lipinski definition) is 5. The fourth-order valence-corrected chi connectivity index (χ4v) is 2.44. The van der Waals surface area contributed by atoms with Crippen molar-refractivity contribution in [1.29, 1.82) is 0 Å². The number of nitrogen functional groups attached to an aromatic ring is 1. The Balaban J connectivity index is 2.26. The van der Waals surface area contributed by atoms with E-state index >= 15 is 0 Å². The first-order valence-electron chi connectivity index (χ1n) is 6.98. The van der Waals surface area contributed by atoms with Crippen LogP contribution in [0.5, 0.6) is 11.5 Å². The molecule has 0 aliphatic rings. The van der Waals surface area contributed by atoms with E-state index in [4.69, 9.17) is 15.2 Å². The van der Waals surface area contributed by atoms with Gasteiger partial charge in [0, 0.05) is 34.3 Å². The van der Waals surface area contributed by atoms with Crippen LogP contribution in [0.25, 0.3) is 22.0 Å². The quantitative estimate of drug-likeness (QED) is 0.803. The van der Waals surface area contributed by atoms with Crippen molar-refractivity contribution < 1.29 is 13.9 Å². The fraction of sp³-hybridized carbons (Fsp3) is 0.176. The second-order valence-corrected chi connectivity index (χ2v) is 5.13. The number of anilines is 1. The molecule has 2 aromatic heterocycles.